The molecule has 3 aromatic rings. The van der Waals surface area contributed by atoms with Crippen LogP contribution in [-0.2, 0) is 6.42 Å². The number of carbonyl (C=O) groups is 2. The Balaban J connectivity index is 1.81. The van der Waals surface area contributed by atoms with Gasteiger partial charge in [0.05, 0.1) is 17.5 Å². The highest BCUT2D eigenvalue weighted by Crippen LogP contribution is 2.16. The third kappa shape index (κ3) is 3.49. The van der Waals surface area contributed by atoms with Crippen LogP contribution in [0.5, 0.6) is 0 Å². The molecule has 0 aliphatic carbocycles. The Kier molecular flexibility index (Phi) is 4.88. The van der Waals surface area contributed by atoms with Crippen LogP contribution in [0.1, 0.15) is 39.0 Å². The zero-order valence-electron chi connectivity index (χ0n) is 14.0. The Bertz CT molecular complexity index is 1020. The predicted molar refractivity (Wildman–Crippen MR) is 91.5 cm³/mol. The van der Waals surface area contributed by atoms with Crippen LogP contribution in [0.15, 0.2) is 34.0 Å². The maximum Gasteiger partial charge on any atom is 0.336 e. The van der Waals surface area contributed by atoms with Crippen molar-refractivity contribution in [2.45, 2.75) is 13.3 Å². The molecule has 0 saturated carbocycles. The number of nitrogens with two attached hydrogens (primary N) is 1. The van der Waals surface area contributed by atoms with E-state index >= 15 is 0 Å². The number of aromatic nitrogens is 5. The Morgan fingerprint density at radius 3 is 2.81 bits per heavy atom. The summed E-state index contributed by atoms with van der Waals surface area (Å²) in [4.78, 5) is 23.5. The molecule has 2 aromatic heterocycles. The molecule has 0 aliphatic rings. The summed E-state index contributed by atoms with van der Waals surface area (Å²) in [6, 6.07) is 6.25. The number of anilines is 1. The van der Waals surface area contributed by atoms with Gasteiger partial charge in [0, 0.05) is 5.56 Å². The molecule has 12 nitrogen and oxygen atoms in total. The van der Waals surface area contributed by atoms with Gasteiger partial charge in [-0.2, -0.15) is 9.78 Å². The minimum atomic E-state index is -1.10. The second-order valence-corrected chi connectivity index (χ2v) is 5.21. The van der Waals surface area contributed by atoms with Gasteiger partial charge in [-0.05, 0) is 22.8 Å². The van der Waals surface area contributed by atoms with Crippen LogP contribution in [-0.4, -0.2) is 48.5 Å². The smallest absolute Gasteiger partial charge is 0.336 e. The molecular weight excluding hydrogens is 356 g/mol. The Morgan fingerprint density at radius 2 is 2.15 bits per heavy atom. The van der Waals surface area contributed by atoms with Crippen LogP contribution in [0, 0.1) is 0 Å². The van der Waals surface area contributed by atoms with Gasteiger partial charge in [-0.3, -0.25) is 4.79 Å². The average Bonchev–Trinajstić information content (AvgIpc) is 3.27. The van der Waals surface area contributed by atoms with Gasteiger partial charge >= 0.3 is 5.97 Å². The number of aromatic carboxylic acids is 1. The van der Waals surface area contributed by atoms with Crippen molar-refractivity contribution in [3.63, 3.8) is 0 Å². The number of nitrogens with zero attached hydrogens (tertiary/aromatic N) is 6. The predicted octanol–water partition coefficient (Wildman–Crippen LogP) is 0.257. The number of hydrazone groups is 1. The number of hydrogen-bond donors (Lipinski definition) is 3. The van der Waals surface area contributed by atoms with Crippen molar-refractivity contribution >= 4 is 23.9 Å². The Morgan fingerprint density at radius 1 is 1.37 bits per heavy atom. The number of rotatable bonds is 6. The van der Waals surface area contributed by atoms with Gasteiger partial charge < -0.3 is 10.8 Å². The van der Waals surface area contributed by atoms with Gasteiger partial charge in [-0.15, -0.1) is 5.10 Å². The van der Waals surface area contributed by atoms with Crippen LogP contribution < -0.4 is 11.2 Å². The third-order valence-electron chi connectivity index (χ3n) is 3.57. The molecule has 0 unspecified atom stereocenters. The van der Waals surface area contributed by atoms with E-state index in [4.69, 9.17) is 10.8 Å². The summed E-state index contributed by atoms with van der Waals surface area (Å²) in [5, 5.41) is 27.7. The summed E-state index contributed by atoms with van der Waals surface area (Å²) in [6.45, 7) is 1.79. The van der Waals surface area contributed by atoms with Crippen molar-refractivity contribution < 1.29 is 19.3 Å². The summed E-state index contributed by atoms with van der Waals surface area (Å²) in [5.74, 6) is -1.60. The standard InChI is InChI=1S/C15H14N8O4/c1-2-10-11(18-22-23(10)13-12(16)20-27-21-13)14(24)19-17-7-8-5-3-4-6-9(8)15(25)26/h3-7H,2H2,1H3,(H2,16,20)(H,19,24)(H,25,26). The first-order chi connectivity index (χ1) is 13.0. The van der Waals surface area contributed by atoms with Gasteiger partial charge in [0.2, 0.25) is 11.6 Å². The van der Waals surface area contributed by atoms with Crippen molar-refractivity contribution in [1.82, 2.24) is 30.7 Å². The van der Waals surface area contributed by atoms with Crippen LogP contribution in [0.3, 0.4) is 0 Å². The minimum Gasteiger partial charge on any atom is -0.478 e. The second kappa shape index (κ2) is 7.43. The number of nitrogens with one attached hydrogen (secondary N) is 1. The molecule has 27 heavy (non-hydrogen) atoms. The summed E-state index contributed by atoms with van der Waals surface area (Å²) >= 11 is 0. The first-order valence-electron chi connectivity index (χ1n) is 7.71. The van der Waals surface area contributed by atoms with E-state index < -0.39 is 11.9 Å². The van der Waals surface area contributed by atoms with Gasteiger partial charge in [-0.25, -0.2) is 14.8 Å². The molecule has 1 aromatic carbocycles. The monoisotopic (exact) mass is 370 g/mol. The number of amides is 1. The van der Waals surface area contributed by atoms with Crippen molar-refractivity contribution in [2.24, 2.45) is 5.10 Å². The Labute approximate surface area is 151 Å². The minimum absolute atomic E-state index is 0.00450. The SMILES string of the molecule is CCc1c(C(=O)NN=Cc2ccccc2C(=O)O)nnn1-c1nonc1N. The number of benzene rings is 1. The fourth-order valence-electron chi connectivity index (χ4n) is 2.32. The lowest BCUT2D eigenvalue weighted by Crippen LogP contribution is -2.20. The Hall–Kier alpha value is -4.09. The second-order valence-electron chi connectivity index (χ2n) is 5.21. The first-order valence-corrected chi connectivity index (χ1v) is 7.71. The van der Waals surface area contributed by atoms with E-state index in [2.05, 4.69) is 35.8 Å². The van der Waals surface area contributed by atoms with E-state index in [-0.39, 0.29) is 22.9 Å². The molecule has 0 spiro atoms. The quantitative estimate of drug-likeness (QED) is 0.406. The van der Waals surface area contributed by atoms with E-state index in [1.807, 2.05) is 0 Å². The summed E-state index contributed by atoms with van der Waals surface area (Å²) in [6.07, 6.45) is 1.63. The fourth-order valence-corrected chi connectivity index (χ4v) is 2.32. The van der Waals surface area contributed by atoms with Crippen LogP contribution in [0.25, 0.3) is 5.82 Å². The first kappa shape index (κ1) is 17.7. The normalized spacial score (nSPS) is 11.0. The molecule has 2 heterocycles. The van der Waals surface area contributed by atoms with Gasteiger partial charge in [0.1, 0.15) is 0 Å². The van der Waals surface area contributed by atoms with Crippen molar-refractivity contribution in [2.75, 3.05) is 5.73 Å². The van der Waals surface area contributed by atoms with Gasteiger partial charge in [0.25, 0.3) is 5.91 Å². The third-order valence-corrected chi connectivity index (χ3v) is 3.57. The maximum atomic E-state index is 12.4. The van der Waals surface area contributed by atoms with Crippen LogP contribution in [0.4, 0.5) is 5.82 Å². The number of carboxylic acid groups (broad SMARTS) is 1. The molecule has 138 valence electrons. The number of carboxylic acids is 1. The zero-order chi connectivity index (χ0) is 19.4. The van der Waals surface area contributed by atoms with Crippen molar-refractivity contribution in [1.29, 1.82) is 0 Å². The van der Waals surface area contributed by atoms with E-state index in [0.717, 1.165) is 0 Å². The topological polar surface area (TPSA) is 174 Å². The molecule has 4 N–H and O–H groups in total. The van der Waals surface area contributed by atoms with Gasteiger partial charge in [0.15, 0.2) is 5.69 Å². The summed E-state index contributed by atoms with van der Waals surface area (Å²) in [7, 11) is 0. The lowest BCUT2D eigenvalue weighted by atomic mass is 10.1. The molecule has 0 fully saturated rings. The molecule has 1 amide bonds. The highest BCUT2D eigenvalue weighted by Gasteiger charge is 2.22. The zero-order valence-corrected chi connectivity index (χ0v) is 14.0. The number of nitrogen functional groups attached to an aromatic ring is 1. The highest BCUT2D eigenvalue weighted by molar-refractivity contribution is 5.99. The fraction of sp³-hybridized carbons (Fsp3) is 0.133. The van der Waals surface area contributed by atoms with Crippen molar-refractivity contribution in [3.8, 4) is 5.82 Å². The number of hydrogen-bond acceptors (Lipinski definition) is 9. The van der Waals surface area contributed by atoms with E-state index in [0.29, 0.717) is 17.7 Å². The molecule has 3 rings (SSSR count). The average molecular weight is 370 g/mol. The van der Waals surface area contributed by atoms with Crippen LogP contribution >= 0.6 is 0 Å². The lowest BCUT2D eigenvalue weighted by molar-refractivity contribution is 0.0696. The summed E-state index contributed by atoms with van der Waals surface area (Å²) < 4.78 is 5.78. The molecule has 0 atom stereocenters. The van der Waals surface area contributed by atoms with E-state index in [9.17, 15) is 9.59 Å². The molecule has 0 saturated heterocycles. The van der Waals surface area contributed by atoms with E-state index in [1.54, 1.807) is 25.1 Å². The van der Waals surface area contributed by atoms with E-state index in [1.165, 1.54) is 17.0 Å². The van der Waals surface area contributed by atoms with Gasteiger partial charge in [-0.1, -0.05) is 30.3 Å². The lowest BCUT2D eigenvalue weighted by Gasteiger charge is -2.02. The van der Waals surface area contributed by atoms with Crippen molar-refractivity contribution in [3.05, 3.63) is 46.8 Å². The largest absolute Gasteiger partial charge is 0.478 e. The molecule has 0 bridgehead atoms. The number of carbonyl (C=O) groups excluding carboxylic acids is 1. The molecular formula is C15H14N8O4. The molecule has 12 heteroatoms. The highest BCUT2D eigenvalue weighted by atomic mass is 16.6. The molecule has 0 aliphatic heterocycles. The maximum absolute atomic E-state index is 12.4. The molecule has 0 radical (unpaired) electrons. The summed E-state index contributed by atoms with van der Waals surface area (Å²) in [5.41, 5.74) is 8.77. The van der Waals surface area contributed by atoms with Crippen LogP contribution in [0.2, 0.25) is 0 Å².